The van der Waals surface area contributed by atoms with Gasteiger partial charge in [-0.1, -0.05) is 96.0 Å². The lowest BCUT2D eigenvalue weighted by molar-refractivity contribution is 0.451. The van der Waals surface area contributed by atoms with Gasteiger partial charge in [-0.15, -0.1) is 22.7 Å². The Bertz CT molecular complexity index is 2280. The minimum Gasteiger partial charge on any atom is -0.451 e. The lowest BCUT2D eigenvalue weighted by Gasteiger charge is -2.21. The molecule has 220 valence electrons. The first-order chi connectivity index (χ1) is 22.6. The van der Waals surface area contributed by atoms with Gasteiger partial charge in [0.2, 0.25) is 0 Å². The fourth-order valence-electron chi connectivity index (χ4n) is 5.65. The maximum Gasteiger partial charge on any atom is 0.175 e. The van der Waals surface area contributed by atoms with Crippen molar-refractivity contribution in [2.24, 2.45) is 9.98 Å². The summed E-state index contributed by atoms with van der Waals surface area (Å²) in [6.45, 7) is 0. The van der Waals surface area contributed by atoms with Crippen LogP contribution in [0.2, 0.25) is 10.0 Å². The molecule has 0 amide bonds. The van der Waals surface area contributed by atoms with Crippen molar-refractivity contribution >= 4 is 57.3 Å². The topological polar surface area (TPSA) is 43.2 Å². The van der Waals surface area contributed by atoms with Gasteiger partial charge >= 0.3 is 0 Å². The summed E-state index contributed by atoms with van der Waals surface area (Å²) < 4.78 is 12.8. The van der Waals surface area contributed by atoms with Gasteiger partial charge in [0.05, 0.1) is 0 Å². The molecule has 0 unspecified atom stereocenters. The summed E-state index contributed by atoms with van der Waals surface area (Å²) in [5.74, 6) is 1.94. The van der Waals surface area contributed by atoms with Crippen LogP contribution in [0.15, 0.2) is 131 Å². The van der Waals surface area contributed by atoms with Crippen LogP contribution in [0.5, 0.6) is 23.0 Å². The molecule has 0 atom stereocenters. The van der Waals surface area contributed by atoms with Gasteiger partial charge in [0.15, 0.2) is 23.0 Å². The Kier molecular flexibility index (Phi) is 6.57. The molecule has 4 heterocycles. The number of hydrogen-bond donors (Lipinski definition) is 0. The Labute approximate surface area is 282 Å². The third-order valence-electron chi connectivity index (χ3n) is 7.95. The molecule has 0 spiro atoms. The van der Waals surface area contributed by atoms with E-state index >= 15 is 0 Å². The van der Waals surface area contributed by atoms with Gasteiger partial charge in [-0.25, -0.2) is 9.98 Å². The summed E-state index contributed by atoms with van der Waals surface area (Å²) in [4.78, 5) is 14.4. The number of hydrogen-bond acceptors (Lipinski definition) is 6. The molecule has 5 aromatic carbocycles. The van der Waals surface area contributed by atoms with Crippen LogP contribution in [-0.4, -0.2) is 0 Å². The second-order valence-corrected chi connectivity index (χ2v) is 13.8. The van der Waals surface area contributed by atoms with E-state index in [0.717, 1.165) is 20.9 Å². The molecule has 0 bridgehead atoms. The third kappa shape index (κ3) is 4.65. The van der Waals surface area contributed by atoms with Crippen molar-refractivity contribution in [3.63, 3.8) is 0 Å². The quantitative estimate of drug-likeness (QED) is 0.187. The number of nitrogens with zero attached hydrogens (tertiary/aromatic N) is 2. The average molecular weight is 672 g/mol. The standard InChI is InChI=1S/C38H20Cl2N2O2S2/c39-33-36-38(44-28-20-24(12-14-26(28)42-36)32-18-16-30(46-32)22-9-5-2-6-10-22)34(40)35-37(33)43-27-19-23(11-13-25(27)41-35)31-17-15-29(45-31)21-7-3-1-4-8-21/h1-20H. The molecule has 46 heavy (non-hydrogen) atoms. The highest BCUT2D eigenvalue weighted by atomic mass is 35.5. The van der Waals surface area contributed by atoms with E-state index in [1.165, 1.54) is 20.9 Å². The first-order valence-electron chi connectivity index (χ1n) is 14.5. The van der Waals surface area contributed by atoms with Crippen LogP contribution < -0.4 is 20.2 Å². The predicted octanol–water partition coefficient (Wildman–Crippen LogP) is 11.9. The van der Waals surface area contributed by atoms with Crippen LogP contribution in [0.25, 0.3) is 41.8 Å². The Morgan fingerprint density at radius 3 is 1.24 bits per heavy atom. The Morgan fingerprint density at radius 1 is 0.435 bits per heavy atom. The maximum absolute atomic E-state index is 6.95. The summed E-state index contributed by atoms with van der Waals surface area (Å²) in [6.07, 6.45) is 0. The highest BCUT2D eigenvalue weighted by molar-refractivity contribution is 7.19. The molecule has 4 nitrogen and oxygen atoms in total. The van der Waals surface area contributed by atoms with Gasteiger partial charge < -0.3 is 9.47 Å². The summed E-state index contributed by atoms with van der Waals surface area (Å²) in [7, 11) is 0. The minimum absolute atomic E-state index is 0.303. The number of halogens is 2. The van der Waals surface area contributed by atoms with Crippen LogP contribution in [-0.2, 0) is 0 Å². The lowest BCUT2D eigenvalue weighted by atomic mass is 10.1. The molecule has 9 rings (SSSR count). The van der Waals surface area contributed by atoms with Crippen LogP contribution in [0.1, 0.15) is 0 Å². The molecule has 2 aliphatic rings. The molecule has 0 saturated carbocycles. The van der Waals surface area contributed by atoms with Crippen molar-refractivity contribution < 1.29 is 9.47 Å². The maximum atomic E-state index is 6.95. The second kappa shape index (κ2) is 11.0. The fraction of sp³-hybridized carbons (Fsp3) is 0. The van der Waals surface area contributed by atoms with Gasteiger partial charge in [-0.3, -0.25) is 0 Å². The second-order valence-electron chi connectivity index (χ2n) is 10.8. The van der Waals surface area contributed by atoms with Gasteiger partial charge in [0.1, 0.15) is 32.1 Å². The highest BCUT2D eigenvalue weighted by Gasteiger charge is 2.27. The first kappa shape index (κ1) is 27.6. The molecule has 0 radical (unpaired) electrons. The Balaban J connectivity index is 1.06. The zero-order chi connectivity index (χ0) is 30.8. The van der Waals surface area contributed by atoms with E-state index in [9.17, 15) is 0 Å². The molecule has 0 fully saturated rings. The summed E-state index contributed by atoms with van der Waals surface area (Å²) in [5, 5.41) is 1.46. The van der Waals surface area contributed by atoms with E-state index in [1.54, 1.807) is 22.7 Å². The molecule has 0 saturated heterocycles. The normalized spacial score (nSPS) is 12.4. The number of ether oxygens (including phenoxy) is 2. The largest absolute Gasteiger partial charge is 0.451 e. The Hall–Kier alpha value is -4.72. The van der Waals surface area contributed by atoms with E-state index in [2.05, 4.69) is 48.5 Å². The van der Waals surface area contributed by atoms with Crippen molar-refractivity contribution in [1.29, 1.82) is 0 Å². The van der Waals surface area contributed by atoms with Crippen molar-refractivity contribution in [2.75, 3.05) is 0 Å². The molecular weight excluding hydrogens is 651 g/mol. The highest BCUT2D eigenvalue weighted by Crippen LogP contribution is 2.46. The van der Waals surface area contributed by atoms with E-state index in [-0.39, 0.29) is 0 Å². The molecule has 7 aromatic rings. The van der Waals surface area contributed by atoms with Crippen LogP contribution in [0.4, 0.5) is 11.4 Å². The molecule has 0 N–H and O–H groups in total. The SMILES string of the molecule is Clc1c2c(c(Cl)c3c1=Nc1ccc(-c4ccc(-c5ccccc5)s4)cc1O3)=Nc1ccc(-c3ccc(-c4ccccc4)s3)cc1O2. The van der Waals surface area contributed by atoms with Gasteiger partial charge in [-0.05, 0) is 70.8 Å². The molecule has 2 aliphatic heterocycles. The zero-order valence-corrected chi connectivity index (χ0v) is 27.0. The minimum atomic E-state index is 0.303. The molecule has 2 aromatic heterocycles. The van der Waals surface area contributed by atoms with Crippen LogP contribution in [0, 0.1) is 0 Å². The van der Waals surface area contributed by atoms with E-state index in [0.29, 0.717) is 55.1 Å². The zero-order valence-electron chi connectivity index (χ0n) is 23.8. The molecular formula is C38H20Cl2N2O2S2. The predicted molar refractivity (Wildman–Crippen MR) is 189 cm³/mol. The number of fused-ring (bicyclic) bond motifs is 4. The number of rotatable bonds is 4. The average Bonchev–Trinajstić information content (AvgIpc) is 3.81. The van der Waals surface area contributed by atoms with Crippen molar-refractivity contribution in [2.45, 2.75) is 0 Å². The van der Waals surface area contributed by atoms with Crippen molar-refractivity contribution in [1.82, 2.24) is 0 Å². The smallest absolute Gasteiger partial charge is 0.175 e. The molecule has 0 aliphatic carbocycles. The van der Waals surface area contributed by atoms with Crippen molar-refractivity contribution in [3.8, 4) is 64.8 Å². The summed E-state index contributed by atoms with van der Waals surface area (Å²) in [5.41, 5.74) is 5.77. The fourth-order valence-corrected chi connectivity index (χ4v) is 8.18. The van der Waals surface area contributed by atoms with E-state index < -0.39 is 0 Å². The summed E-state index contributed by atoms with van der Waals surface area (Å²) >= 11 is 17.4. The van der Waals surface area contributed by atoms with Crippen LogP contribution in [0.3, 0.4) is 0 Å². The molecule has 8 heteroatoms. The lowest BCUT2D eigenvalue weighted by Crippen LogP contribution is -2.22. The first-order valence-corrected chi connectivity index (χ1v) is 16.9. The van der Waals surface area contributed by atoms with Gasteiger partial charge in [-0.2, -0.15) is 0 Å². The van der Waals surface area contributed by atoms with E-state index in [4.69, 9.17) is 42.7 Å². The number of thiophene rings is 2. The van der Waals surface area contributed by atoms with Crippen molar-refractivity contribution in [3.05, 3.63) is 142 Å². The van der Waals surface area contributed by atoms with E-state index in [1.807, 2.05) is 72.8 Å². The van der Waals surface area contributed by atoms with Gasteiger partial charge in [0, 0.05) is 19.5 Å². The monoisotopic (exact) mass is 670 g/mol. The number of benzene rings is 5. The Morgan fingerprint density at radius 2 is 0.826 bits per heavy atom. The van der Waals surface area contributed by atoms with Gasteiger partial charge in [0.25, 0.3) is 0 Å². The summed E-state index contributed by atoms with van der Waals surface area (Å²) in [6, 6.07) is 41.2. The third-order valence-corrected chi connectivity index (χ3v) is 11.0. The van der Waals surface area contributed by atoms with Crippen LogP contribution >= 0.6 is 45.9 Å².